The summed E-state index contributed by atoms with van der Waals surface area (Å²) in [5, 5.41) is 17.6. The van der Waals surface area contributed by atoms with Crippen molar-refractivity contribution in [2.75, 3.05) is 18.1 Å². The van der Waals surface area contributed by atoms with Gasteiger partial charge in [0.1, 0.15) is 11.4 Å². The van der Waals surface area contributed by atoms with E-state index in [1.165, 1.54) is 0 Å². The third kappa shape index (κ3) is 5.58. The number of hydrogen-bond acceptors (Lipinski definition) is 4. The van der Waals surface area contributed by atoms with Gasteiger partial charge < -0.3 is 23.9 Å². The highest BCUT2D eigenvalue weighted by Crippen LogP contribution is 2.45. The monoisotopic (exact) mass is 725 g/mol. The van der Waals surface area contributed by atoms with Gasteiger partial charge in [-0.2, -0.15) is 5.10 Å². The molecule has 1 amide bonds. The predicted molar refractivity (Wildman–Crippen MR) is 204 cm³/mol. The number of carbonyl (C=O) groups is 2. The zero-order valence-corrected chi connectivity index (χ0v) is 31.4. The molecule has 1 unspecified atom stereocenters. The summed E-state index contributed by atoms with van der Waals surface area (Å²) in [5.74, 6) is -0.376. The van der Waals surface area contributed by atoms with Crippen molar-refractivity contribution >= 4 is 62.6 Å². The van der Waals surface area contributed by atoms with Crippen LogP contribution in [0.2, 0.25) is 10.0 Å². The SMILES string of the molecule is CCn1cc(C(=O)O)c2cccc(N3CC(C)n4c(c(CCCOc5cc(C)c(Cl)c(C)c5)c5ccc(Cl)c(-c6c(C)nn(C)c6C)c54)C3=O)c21. The number of ether oxygens (including phenoxy) is 1. The molecule has 6 aromatic rings. The van der Waals surface area contributed by atoms with E-state index in [-0.39, 0.29) is 17.5 Å². The van der Waals surface area contributed by atoms with E-state index in [9.17, 15) is 9.90 Å². The van der Waals surface area contributed by atoms with Gasteiger partial charge in [-0.25, -0.2) is 4.79 Å². The smallest absolute Gasteiger partial charge is 0.337 e. The lowest BCUT2D eigenvalue weighted by Crippen LogP contribution is -2.43. The Hall–Kier alpha value is -4.73. The number of aryl methyl sites for hydroxylation is 6. The van der Waals surface area contributed by atoms with Crippen molar-refractivity contribution in [3.63, 3.8) is 0 Å². The van der Waals surface area contributed by atoms with Crippen LogP contribution in [0.25, 0.3) is 32.9 Å². The molecule has 1 aliphatic heterocycles. The Labute approximate surface area is 306 Å². The normalized spacial score (nSPS) is 14.6. The maximum atomic E-state index is 15.1. The molecule has 3 aromatic heterocycles. The van der Waals surface area contributed by atoms with Gasteiger partial charge >= 0.3 is 5.97 Å². The molecule has 4 heterocycles. The van der Waals surface area contributed by atoms with E-state index in [0.717, 1.165) is 66.4 Å². The van der Waals surface area contributed by atoms with E-state index in [2.05, 4.69) is 11.5 Å². The number of aromatic nitrogens is 4. The second-order valence-electron chi connectivity index (χ2n) is 13.6. The third-order valence-corrected chi connectivity index (χ3v) is 11.2. The molecule has 9 nitrogen and oxygen atoms in total. The van der Waals surface area contributed by atoms with Crippen molar-refractivity contribution in [3.8, 4) is 16.9 Å². The zero-order valence-electron chi connectivity index (χ0n) is 29.9. The van der Waals surface area contributed by atoms with E-state index in [0.29, 0.717) is 54.3 Å². The third-order valence-electron chi connectivity index (χ3n) is 10.3. The molecule has 1 aliphatic rings. The Morgan fingerprint density at radius 3 is 2.39 bits per heavy atom. The number of fused-ring (bicyclic) bond motifs is 4. The van der Waals surface area contributed by atoms with Crippen LogP contribution in [0.3, 0.4) is 0 Å². The molecule has 0 bridgehead atoms. The number of halogens is 2. The van der Waals surface area contributed by atoms with E-state index in [4.69, 9.17) is 33.0 Å². The molecule has 0 fully saturated rings. The summed E-state index contributed by atoms with van der Waals surface area (Å²) < 4.78 is 12.2. The number of aromatic carboxylic acids is 1. The molecule has 0 saturated heterocycles. The highest BCUT2D eigenvalue weighted by Gasteiger charge is 2.37. The lowest BCUT2D eigenvalue weighted by atomic mass is 9.98. The highest BCUT2D eigenvalue weighted by molar-refractivity contribution is 6.35. The van der Waals surface area contributed by atoms with Crippen LogP contribution in [0.4, 0.5) is 5.69 Å². The summed E-state index contributed by atoms with van der Waals surface area (Å²) in [6, 6.07) is 13.3. The quantitative estimate of drug-likeness (QED) is 0.150. The minimum absolute atomic E-state index is 0.140. The van der Waals surface area contributed by atoms with Crippen molar-refractivity contribution < 1.29 is 19.4 Å². The fraction of sp³-hybridized carbons (Fsp3) is 0.325. The standard InChI is InChI=1S/C40H41Cl2N5O4/c1-8-45-20-30(40(49)50)28-11-9-13-32(36(28)45)46-19-23(4)47-37-29(14-15-31(41)34(37)33-24(5)43-44(7)25(33)6)27(38(47)39(46)48)12-10-16-51-26-17-21(2)35(42)22(3)18-26/h9,11,13-15,17-18,20,23H,8,10,12,16,19H2,1-7H3,(H,49,50). The van der Waals surface area contributed by atoms with Crippen LogP contribution in [0.15, 0.2) is 48.7 Å². The van der Waals surface area contributed by atoms with Gasteiger partial charge in [0.05, 0.1) is 39.6 Å². The first-order valence-electron chi connectivity index (χ1n) is 17.3. The highest BCUT2D eigenvalue weighted by atomic mass is 35.5. The van der Waals surface area contributed by atoms with E-state index in [1.807, 2.05) is 98.3 Å². The van der Waals surface area contributed by atoms with E-state index >= 15 is 4.79 Å². The molecule has 0 radical (unpaired) electrons. The number of hydrogen-bond donors (Lipinski definition) is 1. The van der Waals surface area contributed by atoms with Gasteiger partial charge in [-0.05, 0) is 95.3 Å². The first-order valence-corrected chi connectivity index (χ1v) is 18.0. The lowest BCUT2D eigenvalue weighted by molar-refractivity contribution is 0.0698. The summed E-state index contributed by atoms with van der Waals surface area (Å²) in [5.41, 5.74) is 9.70. The Morgan fingerprint density at radius 1 is 1.02 bits per heavy atom. The van der Waals surface area contributed by atoms with Crippen molar-refractivity contribution in [3.05, 3.63) is 98.0 Å². The molecule has 0 spiro atoms. The van der Waals surface area contributed by atoms with Gasteiger partial charge in [-0.3, -0.25) is 9.48 Å². The number of nitrogens with zero attached hydrogens (tertiary/aromatic N) is 5. The molecule has 1 N–H and O–H groups in total. The minimum Gasteiger partial charge on any atom is -0.494 e. The lowest BCUT2D eigenvalue weighted by Gasteiger charge is -2.35. The molecular weight excluding hydrogens is 685 g/mol. The van der Waals surface area contributed by atoms with Crippen LogP contribution in [-0.2, 0) is 20.0 Å². The second-order valence-corrected chi connectivity index (χ2v) is 14.4. The maximum absolute atomic E-state index is 15.1. The van der Waals surface area contributed by atoms with Gasteiger partial charge in [-0.1, -0.05) is 41.4 Å². The summed E-state index contributed by atoms with van der Waals surface area (Å²) in [6.45, 7) is 13.4. The summed E-state index contributed by atoms with van der Waals surface area (Å²) >= 11 is 13.5. The maximum Gasteiger partial charge on any atom is 0.337 e. The Morgan fingerprint density at radius 2 is 1.75 bits per heavy atom. The Balaban J connectivity index is 1.39. The largest absolute Gasteiger partial charge is 0.494 e. The predicted octanol–water partition coefficient (Wildman–Crippen LogP) is 9.49. The van der Waals surface area contributed by atoms with Gasteiger partial charge in [0.15, 0.2) is 0 Å². The van der Waals surface area contributed by atoms with Crippen LogP contribution >= 0.6 is 23.2 Å². The molecule has 7 rings (SSSR count). The van der Waals surface area contributed by atoms with Crippen molar-refractivity contribution in [1.29, 1.82) is 0 Å². The number of para-hydroxylation sites is 1. The fourth-order valence-electron chi connectivity index (χ4n) is 7.92. The number of amides is 1. The Bertz CT molecular complexity index is 2380. The van der Waals surface area contributed by atoms with Crippen LogP contribution in [0.5, 0.6) is 5.75 Å². The molecular formula is C40H41Cl2N5O4. The minimum atomic E-state index is -0.998. The van der Waals surface area contributed by atoms with E-state index < -0.39 is 5.97 Å². The first kappa shape index (κ1) is 34.7. The molecule has 1 atom stereocenters. The average molecular weight is 727 g/mol. The zero-order chi connectivity index (χ0) is 36.5. The van der Waals surface area contributed by atoms with Gasteiger partial charge in [-0.15, -0.1) is 0 Å². The summed E-state index contributed by atoms with van der Waals surface area (Å²) in [7, 11) is 1.93. The van der Waals surface area contributed by atoms with Gasteiger partial charge in [0.25, 0.3) is 5.91 Å². The molecule has 0 saturated carbocycles. The van der Waals surface area contributed by atoms with Crippen LogP contribution < -0.4 is 9.64 Å². The van der Waals surface area contributed by atoms with Crippen molar-refractivity contribution in [2.24, 2.45) is 7.05 Å². The first-order chi connectivity index (χ1) is 24.3. The van der Waals surface area contributed by atoms with Crippen LogP contribution in [0, 0.1) is 27.7 Å². The van der Waals surface area contributed by atoms with Crippen LogP contribution in [-0.4, -0.2) is 49.0 Å². The van der Waals surface area contributed by atoms with Gasteiger partial charge in [0.2, 0.25) is 0 Å². The number of carboxylic acid groups (broad SMARTS) is 1. The summed E-state index contributed by atoms with van der Waals surface area (Å²) in [4.78, 5) is 29.1. The van der Waals surface area contributed by atoms with Crippen molar-refractivity contribution in [2.45, 2.75) is 67.0 Å². The van der Waals surface area contributed by atoms with Gasteiger partial charge in [0, 0.05) is 65.0 Å². The topological polar surface area (TPSA) is 94.5 Å². The number of benzene rings is 3. The summed E-state index contributed by atoms with van der Waals surface area (Å²) in [6.07, 6.45) is 2.91. The molecule has 264 valence electrons. The second kappa shape index (κ2) is 13.1. The molecule has 3 aromatic carbocycles. The number of carbonyl (C=O) groups excluding carboxylic acids is 1. The van der Waals surface area contributed by atoms with Crippen molar-refractivity contribution in [1.82, 2.24) is 18.9 Å². The molecule has 11 heteroatoms. The molecule has 51 heavy (non-hydrogen) atoms. The number of rotatable bonds is 9. The Kier molecular flexibility index (Phi) is 8.92. The van der Waals surface area contributed by atoms with E-state index in [1.54, 1.807) is 6.20 Å². The number of anilines is 1. The fourth-order valence-corrected chi connectivity index (χ4v) is 8.27. The van der Waals surface area contributed by atoms with Crippen LogP contribution in [0.1, 0.15) is 75.2 Å². The molecule has 0 aliphatic carbocycles. The number of carboxylic acids is 1. The average Bonchev–Trinajstić information content (AvgIpc) is 3.72.